The largest absolute Gasteiger partial charge is 0.309 e. The molecule has 1 aliphatic heterocycles. The summed E-state index contributed by atoms with van der Waals surface area (Å²) < 4.78 is 22.5. The molecule has 0 aromatic rings. The molecule has 4 nitrogen and oxygen atoms in total. The molecule has 1 rings (SSSR count). The van der Waals surface area contributed by atoms with E-state index in [0.717, 1.165) is 25.9 Å². The molecule has 0 saturated carbocycles. The van der Waals surface area contributed by atoms with Gasteiger partial charge in [0.1, 0.15) is 9.84 Å². The van der Waals surface area contributed by atoms with E-state index in [1.165, 1.54) is 6.26 Å². The number of hydrogen-bond acceptors (Lipinski definition) is 4. The Morgan fingerprint density at radius 1 is 1.41 bits per heavy atom. The van der Waals surface area contributed by atoms with E-state index >= 15 is 0 Å². The fourth-order valence-electron chi connectivity index (χ4n) is 2.31. The van der Waals surface area contributed by atoms with Gasteiger partial charge in [0.05, 0.1) is 5.75 Å². The molecule has 1 aliphatic rings. The Labute approximate surface area is 106 Å². The van der Waals surface area contributed by atoms with E-state index in [4.69, 9.17) is 0 Å². The van der Waals surface area contributed by atoms with Crippen LogP contribution in [-0.4, -0.2) is 56.5 Å². The van der Waals surface area contributed by atoms with Crippen molar-refractivity contribution in [2.24, 2.45) is 0 Å². The Balaban J connectivity index is 2.64. The van der Waals surface area contributed by atoms with Crippen molar-refractivity contribution >= 4 is 9.84 Å². The molecule has 0 bridgehead atoms. The van der Waals surface area contributed by atoms with Gasteiger partial charge in [-0.1, -0.05) is 13.8 Å². The monoisotopic (exact) mass is 262 g/mol. The molecular formula is C12H26N2O2S. The van der Waals surface area contributed by atoms with Gasteiger partial charge in [-0.05, 0) is 19.8 Å². The third kappa shape index (κ3) is 4.56. The lowest BCUT2D eigenvalue weighted by Crippen LogP contribution is -2.63. The van der Waals surface area contributed by atoms with Crippen LogP contribution in [0.25, 0.3) is 0 Å². The molecule has 17 heavy (non-hydrogen) atoms. The van der Waals surface area contributed by atoms with Crippen LogP contribution in [0.5, 0.6) is 0 Å². The maximum absolute atomic E-state index is 11.3. The van der Waals surface area contributed by atoms with Crippen molar-refractivity contribution in [3.05, 3.63) is 0 Å². The van der Waals surface area contributed by atoms with E-state index in [1.54, 1.807) is 0 Å². The Morgan fingerprint density at radius 2 is 2.06 bits per heavy atom. The zero-order chi connectivity index (χ0) is 13.1. The van der Waals surface area contributed by atoms with E-state index in [-0.39, 0.29) is 11.3 Å². The summed E-state index contributed by atoms with van der Waals surface area (Å²) in [5, 5.41) is 3.58. The summed E-state index contributed by atoms with van der Waals surface area (Å²) in [5.74, 6) is 0.267. The molecule has 1 heterocycles. The molecule has 0 amide bonds. The summed E-state index contributed by atoms with van der Waals surface area (Å²) in [6, 6.07) is 0.469. The fraction of sp³-hybridized carbons (Fsp3) is 1.00. The van der Waals surface area contributed by atoms with Crippen molar-refractivity contribution in [2.45, 2.75) is 45.2 Å². The van der Waals surface area contributed by atoms with Crippen LogP contribution in [0.4, 0.5) is 0 Å². The molecule has 1 saturated heterocycles. The minimum absolute atomic E-state index is 0.128. The molecular weight excluding hydrogens is 236 g/mol. The highest BCUT2D eigenvalue weighted by molar-refractivity contribution is 7.90. The first-order chi connectivity index (χ1) is 7.79. The van der Waals surface area contributed by atoms with Gasteiger partial charge < -0.3 is 5.32 Å². The summed E-state index contributed by atoms with van der Waals surface area (Å²) in [5.41, 5.74) is 0.128. The molecule has 0 radical (unpaired) electrons. The van der Waals surface area contributed by atoms with Gasteiger partial charge in [-0.25, -0.2) is 8.42 Å². The van der Waals surface area contributed by atoms with E-state index in [0.29, 0.717) is 12.6 Å². The topological polar surface area (TPSA) is 49.4 Å². The number of rotatable bonds is 5. The third-order valence-electron chi connectivity index (χ3n) is 3.83. The highest BCUT2D eigenvalue weighted by Crippen LogP contribution is 2.20. The first-order valence-corrected chi connectivity index (χ1v) is 8.52. The van der Waals surface area contributed by atoms with Gasteiger partial charge in [0, 0.05) is 37.5 Å². The van der Waals surface area contributed by atoms with Crippen LogP contribution in [0.1, 0.15) is 33.6 Å². The predicted octanol–water partition coefficient (Wildman–Crippen LogP) is 0.884. The molecule has 2 atom stereocenters. The maximum Gasteiger partial charge on any atom is 0.148 e. The van der Waals surface area contributed by atoms with Crippen LogP contribution < -0.4 is 5.32 Å². The zero-order valence-electron chi connectivity index (χ0n) is 11.5. The summed E-state index contributed by atoms with van der Waals surface area (Å²) in [4.78, 5) is 2.33. The van der Waals surface area contributed by atoms with Crippen molar-refractivity contribution in [3.63, 3.8) is 0 Å². The zero-order valence-corrected chi connectivity index (χ0v) is 12.3. The summed E-state index contributed by atoms with van der Waals surface area (Å²) in [6.45, 7) is 9.12. The van der Waals surface area contributed by atoms with Crippen LogP contribution in [0.2, 0.25) is 0 Å². The Kier molecular flexibility index (Phi) is 4.98. The van der Waals surface area contributed by atoms with Gasteiger partial charge in [-0.15, -0.1) is 0 Å². The van der Waals surface area contributed by atoms with E-state index in [9.17, 15) is 8.42 Å². The number of sulfone groups is 1. The van der Waals surface area contributed by atoms with Gasteiger partial charge in [0.2, 0.25) is 0 Å². The van der Waals surface area contributed by atoms with Crippen molar-refractivity contribution in [3.8, 4) is 0 Å². The van der Waals surface area contributed by atoms with Crippen molar-refractivity contribution in [1.29, 1.82) is 0 Å². The Morgan fingerprint density at radius 3 is 2.53 bits per heavy atom. The third-order valence-corrected chi connectivity index (χ3v) is 4.76. The van der Waals surface area contributed by atoms with Crippen LogP contribution in [0, 0.1) is 0 Å². The van der Waals surface area contributed by atoms with Crippen molar-refractivity contribution in [1.82, 2.24) is 10.2 Å². The molecule has 0 aromatic carbocycles. The van der Waals surface area contributed by atoms with Crippen LogP contribution in [0.15, 0.2) is 0 Å². The molecule has 0 aliphatic carbocycles. The maximum atomic E-state index is 11.3. The van der Waals surface area contributed by atoms with Gasteiger partial charge >= 0.3 is 0 Å². The van der Waals surface area contributed by atoms with E-state index in [1.807, 2.05) is 0 Å². The minimum Gasteiger partial charge on any atom is -0.309 e. The van der Waals surface area contributed by atoms with Crippen LogP contribution >= 0.6 is 0 Å². The minimum atomic E-state index is -2.86. The smallest absolute Gasteiger partial charge is 0.148 e. The summed E-state index contributed by atoms with van der Waals surface area (Å²) in [7, 11) is -2.86. The second-order valence-electron chi connectivity index (χ2n) is 5.46. The molecule has 0 spiro atoms. The van der Waals surface area contributed by atoms with E-state index in [2.05, 4.69) is 31.0 Å². The average Bonchev–Trinajstić information content (AvgIpc) is 2.26. The summed E-state index contributed by atoms with van der Waals surface area (Å²) >= 11 is 0. The molecule has 5 heteroatoms. The first-order valence-electron chi connectivity index (χ1n) is 6.46. The van der Waals surface area contributed by atoms with Gasteiger partial charge in [0.25, 0.3) is 0 Å². The van der Waals surface area contributed by atoms with Crippen molar-refractivity contribution < 1.29 is 8.42 Å². The molecule has 0 aromatic heterocycles. The van der Waals surface area contributed by atoms with Gasteiger partial charge in [-0.2, -0.15) is 0 Å². The van der Waals surface area contributed by atoms with Crippen LogP contribution in [-0.2, 0) is 9.84 Å². The molecule has 1 fully saturated rings. The lowest BCUT2D eigenvalue weighted by molar-refractivity contribution is 0.0880. The average molecular weight is 262 g/mol. The highest BCUT2D eigenvalue weighted by atomic mass is 32.2. The second-order valence-corrected chi connectivity index (χ2v) is 7.72. The fourth-order valence-corrected chi connectivity index (χ4v) is 2.88. The van der Waals surface area contributed by atoms with Crippen LogP contribution in [0.3, 0.4) is 0 Å². The second kappa shape index (κ2) is 5.67. The SMILES string of the molecule is CCC1CNC(C)(CC)CN1CCS(C)(=O)=O. The van der Waals surface area contributed by atoms with Gasteiger partial charge in [0.15, 0.2) is 0 Å². The predicted molar refractivity (Wildman–Crippen MR) is 72.1 cm³/mol. The quantitative estimate of drug-likeness (QED) is 0.799. The lowest BCUT2D eigenvalue weighted by atomic mass is 9.93. The number of nitrogens with zero attached hydrogens (tertiary/aromatic N) is 1. The molecule has 2 unspecified atom stereocenters. The Hall–Kier alpha value is -0.130. The summed E-state index contributed by atoms with van der Waals surface area (Å²) in [6.07, 6.45) is 3.45. The highest BCUT2D eigenvalue weighted by Gasteiger charge is 2.33. The van der Waals surface area contributed by atoms with E-state index < -0.39 is 9.84 Å². The number of hydrogen-bond donors (Lipinski definition) is 1. The normalized spacial score (nSPS) is 31.6. The van der Waals surface area contributed by atoms with Crippen molar-refractivity contribution in [2.75, 3.05) is 31.6 Å². The number of nitrogens with one attached hydrogen (secondary N) is 1. The lowest BCUT2D eigenvalue weighted by Gasteiger charge is -2.46. The molecule has 1 N–H and O–H groups in total. The van der Waals surface area contributed by atoms with Gasteiger partial charge in [-0.3, -0.25) is 4.90 Å². The Bertz CT molecular complexity index is 342. The molecule has 102 valence electrons. The number of piperazine rings is 1. The first kappa shape index (κ1) is 14.9. The standard InChI is InChI=1S/C12H26N2O2S/c1-5-11-9-13-12(3,6-2)10-14(11)7-8-17(4,15)16/h11,13H,5-10H2,1-4H3.